The average molecular weight is 364 g/mol. The highest BCUT2D eigenvalue weighted by Crippen LogP contribution is 2.42. The van der Waals surface area contributed by atoms with Crippen molar-refractivity contribution in [3.8, 4) is 11.8 Å². The highest BCUT2D eigenvalue weighted by molar-refractivity contribution is 6.27. The van der Waals surface area contributed by atoms with E-state index in [1.165, 1.54) is 17.3 Å². The summed E-state index contributed by atoms with van der Waals surface area (Å²) >= 11 is 0. The molecule has 10 nitrogen and oxygen atoms in total. The van der Waals surface area contributed by atoms with Gasteiger partial charge in [0.2, 0.25) is 17.7 Å². The molecule has 0 bridgehead atoms. The highest BCUT2D eigenvalue weighted by atomic mass is 16.5. The third-order valence-corrected chi connectivity index (χ3v) is 4.68. The van der Waals surface area contributed by atoms with E-state index in [1.807, 2.05) is 0 Å². The zero-order valence-corrected chi connectivity index (χ0v) is 13.8. The summed E-state index contributed by atoms with van der Waals surface area (Å²) in [5, 5.41) is 13.5. The van der Waals surface area contributed by atoms with Crippen LogP contribution in [-0.4, -0.2) is 44.2 Å². The zero-order valence-electron chi connectivity index (χ0n) is 13.8. The van der Waals surface area contributed by atoms with Crippen molar-refractivity contribution in [1.29, 1.82) is 0 Å². The van der Waals surface area contributed by atoms with Gasteiger partial charge in [0.05, 0.1) is 17.4 Å². The molecule has 0 spiro atoms. The second-order valence-electron chi connectivity index (χ2n) is 6.23. The zero-order chi connectivity index (χ0) is 18.5. The Labute approximate surface area is 151 Å². The van der Waals surface area contributed by atoms with Gasteiger partial charge in [0.25, 0.3) is 11.8 Å². The SMILES string of the molecule is O=C1CCC(N2C(=O)c3cccc4c(Oc5cn[nH]n5)ncc2c34)C(=O)N1. The van der Waals surface area contributed by atoms with Crippen molar-refractivity contribution in [3.63, 3.8) is 0 Å². The van der Waals surface area contributed by atoms with Crippen LogP contribution in [-0.2, 0) is 9.59 Å². The number of aromatic amines is 1. The van der Waals surface area contributed by atoms with Gasteiger partial charge in [0.15, 0.2) is 0 Å². The third kappa shape index (κ3) is 2.26. The molecule has 0 radical (unpaired) electrons. The topological polar surface area (TPSA) is 130 Å². The van der Waals surface area contributed by atoms with Gasteiger partial charge in [-0.15, -0.1) is 5.10 Å². The summed E-state index contributed by atoms with van der Waals surface area (Å²) in [5.74, 6) is -0.592. The fourth-order valence-electron chi connectivity index (χ4n) is 3.52. The molecule has 1 fully saturated rings. The number of amides is 3. The highest BCUT2D eigenvalue weighted by Gasteiger charge is 2.41. The molecule has 134 valence electrons. The van der Waals surface area contributed by atoms with Gasteiger partial charge in [-0.2, -0.15) is 10.3 Å². The van der Waals surface area contributed by atoms with Crippen LogP contribution in [0.15, 0.2) is 30.6 Å². The Bertz CT molecular complexity index is 1110. The van der Waals surface area contributed by atoms with Crippen LogP contribution in [0.3, 0.4) is 0 Å². The average Bonchev–Trinajstić information content (AvgIpc) is 3.26. The van der Waals surface area contributed by atoms with Crippen molar-refractivity contribution < 1.29 is 19.1 Å². The summed E-state index contributed by atoms with van der Waals surface area (Å²) in [6.45, 7) is 0. The van der Waals surface area contributed by atoms with E-state index in [0.717, 1.165) is 0 Å². The molecular weight excluding hydrogens is 352 g/mol. The van der Waals surface area contributed by atoms with E-state index in [4.69, 9.17) is 4.74 Å². The number of ether oxygens (including phenoxy) is 1. The molecule has 1 aromatic carbocycles. The number of rotatable bonds is 3. The minimum atomic E-state index is -0.755. The summed E-state index contributed by atoms with van der Waals surface area (Å²) in [6.07, 6.45) is 3.35. The number of benzene rings is 1. The van der Waals surface area contributed by atoms with Gasteiger partial charge in [-0.05, 0) is 18.6 Å². The fraction of sp³-hybridized carbons (Fsp3) is 0.176. The smallest absolute Gasteiger partial charge is 0.260 e. The van der Waals surface area contributed by atoms with E-state index in [0.29, 0.717) is 22.0 Å². The van der Waals surface area contributed by atoms with Crippen LogP contribution in [0.1, 0.15) is 23.2 Å². The Hall–Kier alpha value is -3.82. The van der Waals surface area contributed by atoms with Crippen LogP contribution in [0, 0.1) is 0 Å². The van der Waals surface area contributed by atoms with Crippen LogP contribution < -0.4 is 15.0 Å². The summed E-state index contributed by atoms with van der Waals surface area (Å²) in [6, 6.07) is 4.45. The Morgan fingerprint density at radius 2 is 2.07 bits per heavy atom. The Morgan fingerprint density at radius 3 is 2.85 bits per heavy atom. The monoisotopic (exact) mass is 364 g/mol. The molecule has 0 saturated carbocycles. The summed E-state index contributed by atoms with van der Waals surface area (Å²) in [4.78, 5) is 42.5. The van der Waals surface area contributed by atoms with Crippen molar-refractivity contribution in [2.75, 3.05) is 4.90 Å². The molecule has 3 amide bonds. The molecule has 2 N–H and O–H groups in total. The number of carbonyl (C=O) groups excluding carboxylic acids is 3. The van der Waals surface area contributed by atoms with Gasteiger partial charge in [-0.1, -0.05) is 6.07 Å². The summed E-state index contributed by atoms with van der Waals surface area (Å²) in [7, 11) is 0. The van der Waals surface area contributed by atoms with Crippen molar-refractivity contribution in [3.05, 3.63) is 36.2 Å². The number of pyridine rings is 1. The number of aromatic nitrogens is 4. The van der Waals surface area contributed by atoms with Gasteiger partial charge in [0, 0.05) is 17.2 Å². The van der Waals surface area contributed by atoms with E-state index in [1.54, 1.807) is 18.2 Å². The lowest BCUT2D eigenvalue weighted by Gasteiger charge is -2.30. The lowest BCUT2D eigenvalue weighted by molar-refractivity contribution is -0.134. The summed E-state index contributed by atoms with van der Waals surface area (Å²) in [5.41, 5.74) is 0.979. The maximum atomic E-state index is 13.0. The van der Waals surface area contributed by atoms with E-state index >= 15 is 0 Å². The normalized spacial score (nSPS) is 18.9. The first kappa shape index (κ1) is 15.4. The number of anilines is 1. The molecule has 2 aliphatic heterocycles. The number of nitrogens with zero attached hydrogens (tertiary/aromatic N) is 4. The lowest BCUT2D eigenvalue weighted by atomic mass is 10.0. The Morgan fingerprint density at radius 1 is 1.19 bits per heavy atom. The molecule has 0 aliphatic carbocycles. The van der Waals surface area contributed by atoms with Crippen LogP contribution in [0.4, 0.5) is 5.69 Å². The Balaban J connectivity index is 1.62. The first-order valence-electron chi connectivity index (χ1n) is 8.26. The van der Waals surface area contributed by atoms with Crippen LogP contribution in [0.5, 0.6) is 11.8 Å². The van der Waals surface area contributed by atoms with E-state index in [9.17, 15) is 14.4 Å². The Kier molecular flexibility index (Phi) is 3.20. The minimum Gasteiger partial charge on any atom is -0.417 e. The first-order valence-corrected chi connectivity index (χ1v) is 8.26. The van der Waals surface area contributed by atoms with E-state index in [-0.39, 0.29) is 36.4 Å². The first-order chi connectivity index (χ1) is 13.1. The maximum absolute atomic E-state index is 13.0. The van der Waals surface area contributed by atoms with Gasteiger partial charge in [-0.25, -0.2) is 4.98 Å². The number of imide groups is 1. The molecule has 5 rings (SSSR count). The van der Waals surface area contributed by atoms with Gasteiger partial charge in [0.1, 0.15) is 12.2 Å². The quantitative estimate of drug-likeness (QED) is 0.661. The predicted molar refractivity (Wildman–Crippen MR) is 91.2 cm³/mol. The molecule has 1 unspecified atom stereocenters. The van der Waals surface area contributed by atoms with Crippen molar-refractivity contribution >= 4 is 34.2 Å². The summed E-state index contributed by atoms with van der Waals surface area (Å²) < 4.78 is 5.65. The maximum Gasteiger partial charge on any atom is 0.260 e. The van der Waals surface area contributed by atoms with Crippen LogP contribution in [0.2, 0.25) is 0 Å². The molecule has 2 aromatic heterocycles. The van der Waals surface area contributed by atoms with Gasteiger partial charge in [-0.3, -0.25) is 24.6 Å². The number of H-pyrrole nitrogens is 1. The molecular formula is C17H12N6O4. The number of nitrogens with one attached hydrogen (secondary N) is 2. The van der Waals surface area contributed by atoms with Gasteiger partial charge < -0.3 is 4.74 Å². The standard InChI is InChI=1S/C17H12N6O4/c24-12-5-4-10(15(25)20-12)23-11-6-18-16(27-13-7-19-22-21-13)8-2-1-3-9(14(8)11)17(23)26/h1-3,6-7,10H,4-5H2,(H,19,21,22)(H,20,24,25). The largest absolute Gasteiger partial charge is 0.417 e. The predicted octanol–water partition coefficient (Wildman–Crippen LogP) is 0.911. The molecule has 2 aliphatic rings. The minimum absolute atomic E-state index is 0.181. The van der Waals surface area contributed by atoms with Crippen molar-refractivity contribution in [2.45, 2.75) is 18.9 Å². The van der Waals surface area contributed by atoms with Crippen molar-refractivity contribution in [1.82, 2.24) is 25.7 Å². The molecule has 1 saturated heterocycles. The number of piperidine rings is 1. The number of hydrogen-bond acceptors (Lipinski definition) is 7. The third-order valence-electron chi connectivity index (χ3n) is 4.68. The molecule has 1 atom stereocenters. The molecule has 10 heteroatoms. The van der Waals surface area contributed by atoms with E-state index in [2.05, 4.69) is 25.7 Å². The number of carbonyl (C=O) groups is 3. The van der Waals surface area contributed by atoms with Crippen LogP contribution in [0.25, 0.3) is 10.8 Å². The van der Waals surface area contributed by atoms with E-state index < -0.39 is 11.9 Å². The number of hydrogen-bond donors (Lipinski definition) is 2. The second kappa shape index (κ2) is 5.59. The lowest BCUT2D eigenvalue weighted by Crippen LogP contribution is -2.53. The van der Waals surface area contributed by atoms with Crippen molar-refractivity contribution in [2.24, 2.45) is 0 Å². The molecule has 4 heterocycles. The van der Waals surface area contributed by atoms with Gasteiger partial charge >= 0.3 is 0 Å². The molecule has 27 heavy (non-hydrogen) atoms. The fourth-order valence-corrected chi connectivity index (χ4v) is 3.52. The van der Waals surface area contributed by atoms with Crippen LogP contribution >= 0.6 is 0 Å². The second-order valence-corrected chi connectivity index (χ2v) is 6.23. The molecule has 3 aromatic rings.